The van der Waals surface area contributed by atoms with Gasteiger partial charge in [0.1, 0.15) is 11.5 Å². The number of carbonyl (C=O) groups is 2. The van der Waals surface area contributed by atoms with Crippen LogP contribution in [-0.2, 0) is 0 Å². The lowest BCUT2D eigenvalue weighted by molar-refractivity contribution is 0.0933. The molecule has 33 heavy (non-hydrogen) atoms. The first kappa shape index (κ1) is 26.1. The first-order valence-corrected chi connectivity index (χ1v) is 11.8. The highest BCUT2D eigenvalue weighted by atomic mass is 32.1. The highest BCUT2D eigenvalue weighted by Gasteiger charge is 2.14. The predicted octanol–water partition coefficient (Wildman–Crippen LogP) is 4.77. The maximum atomic E-state index is 12.6. The summed E-state index contributed by atoms with van der Waals surface area (Å²) < 4.78 is 11.4. The van der Waals surface area contributed by atoms with E-state index in [0.29, 0.717) is 30.1 Å². The van der Waals surface area contributed by atoms with E-state index >= 15 is 0 Å². The topological polar surface area (TPSA) is 88.7 Å². The zero-order chi connectivity index (χ0) is 23.9. The van der Waals surface area contributed by atoms with Crippen molar-refractivity contribution in [1.29, 1.82) is 0 Å². The van der Waals surface area contributed by atoms with Crippen LogP contribution in [0.4, 0.5) is 0 Å². The van der Waals surface area contributed by atoms with Crippen molar-refractivity contribution in [1.82, 2.24) is 16.2 Å². The van der Waals surface area contributed by atoms with Gasteiger partial charge in [-0.3, -0.25) is 25.8 Å². The fraction of sp³-hybridized carbons (Fsp3) is 0.400. The molecular formula is C25H33N3O4S. The maximum absolute atomic E-state index is 12.6. The number of rotatable bonds is 12. The average Bonchev–Trinajstić information content (AvgIpc) is 2.83. The number of para-hydroxylation sites is 1. The minimum Gasteiger partial charge on any atom is -0.494 e. The summed E-state index contributed by atoms with van der Waals surface area (Å²) in [5.41, 5.74) is 5.84. The normalized spacial score (nSPS) is 10.2. The molecule has 0 spiro atoms. The fourth-order valence-corrected chi connectivity index (χ4v) is 3.06. The van der Waals surface area contributed by atoms with Gasteiger partial charge < -0.3 is 9.47 Å². The molecule has 0 radical (unpaired) electrons. The first-order valence-electron chi connectivity index (χ1n) is 11.4. The van der Waals surface area contributed by atoms with Crippen LogP contribution in [-0.4, -0.2) is 30.1 Å². The largest absolute Gasteiger partial charge is 0.494 e. The molecule has 0 aromatic heterocycles. The molecule has 2 rings (SSSR count). The second-order valence-corrected chi connectivity index (χ2v) is 7.90. The van der Waals surface area contributed by atoms with Gasteiger partial charge >= 0.3 is 0 Å². The number of amides is 2. The second kappa shape index (κ2) is 14.8. The molecule has 8 heteroatoms. The van der Waals surface area contributed by atoms with Crippen molar-refractivity contribution in [3.05, 3.63) is 59.7 Å². The molecule has 2 amide bonds. The zero-order valence-corrected chi connectivity index (χ0v) is 20.1. The van der Waals surface area contributed by atoms with Crippen LogP contribution in [0.1, 0.15) is 73.1 Å². The lowest BCUT2D eigenvalue weighted by Gasteiger charge is -2.13. The molecule has 0 aliphatic heterocycles. The SMILES string of the molecule is CCCCCCOc1ccc(C(=O)NNC(=S)NC(=O)c2ccccc2OCCCC)cc1. The van der Waals surface area contributed by atoms with E-state index in [1.807, 2.05) is 0 Å². The van der Waals surface area contributed by atoms with Crippen molar-refractivity contribution < 1.29 is 19.1 Å². The van der Waals surface area contributed by atoms with Gasteiger partial charge in [-0.1, -0.05) is 51.7 Å². The lowest BCUT2D eigenvalue weighted by atomic mass is 10.2. The summed E-state index contributed by atoms with van der Waals surface area (Å²) in [6.07, 6.45) is 6.45. The standard InChI is InChI=1S/C25H33N3O4S/c1-3-5-7-10-18-31-20-15-13-19(14-16-20)23(29)27-28-25(33)26-24(30)21-11-8-9-12-22(21)32-17-6-4-2/h8-9,11-16H,3-7,10,17-18H2,1-2H3,(H,27,29)(H2,26,28,30,33). The average molecular weight is 472 g/mol. The van der Waals surface area contributed by atoms with Crippen LogP contribution in [0.3, 0.4) is 0 Å². The van der Waals surface area contributed by atoms with Crippen molar-refractivity contribution >= 4 is 29.1 Å². The van der Waals surface area contributed by atoms with Crippen LogP contribution < -0.4 is 25.6 Å². The summed E-state index contributed by atoms with van der Waals surface area (Å²) >= 11 is 5.13. The highest BCUT2D eigenvalue weighted by molar-refractivity contribution is 7.80. The Balaban J connectivity index is 1.79. The number of thiocarbonyl (C=S) groups is 1. The number of hydrogen-bond acceptors (Lipinski definition) is 5. The van der Waals surface area contributed by atoms with Crippen molar-refractivity contribution in [2.45, 2.75) is 52.4 Å². The third kappa shape index (κ3) is 9.49. The Morgan fingerprint density at radius 3 is 2.21 bits per heavy atom. The van der Waals surface area contributed by atoms with Gasteiger partial charge in [-0.25, -0.2) is 0 Å². The quantitative estimate of drug-likeness (QED) is 0.235. The Morgan fingerprint density at radius 2 is 1.48 bits per heavy atom. The summed E-state index contributed by atoms with van der Waals surface area (Å²) in [5, 5.41) is 2.52. The van der Waals surface area contributed by atoms with Gasteiger partial charge in [0.15, 0.2) is 5.11 Å². The minimum absolute atomic E-state index is 0.0243. The van der Waals surface area contributed by atoms with Crippen LogP contribution in [0.15, 0.2) is 48.5 Å². The number of benzene rings is 2. The second-order valence-electron chi connectivity index (χ2n) is 7.49. The number of hydrogen-bond donors (Lipinski definition) is 3. The third-order valence-corrected chi connectivity index (χ3v) is 4.99. The van der Waals surface area contributed by atoms with Gasteiger partial charge in [-0.05, 0) is 61.5 Å². The van der Waals surface area contributed by atoms with Crippen LogP contribution in [0.5, 0.6) is 11.5 Å². The van der Waals surface area contributed by atoms with Gasteiger partial charge in [0.05, 0.1) is 18.8 Å². The van der Waals surface area contributed by atoms with E-state index in [9.17, 15) is 9.59 Å². The van der Waals surface area contributed by atoms with E-state index in [2.05, 4.69) is 30.0 Å². The zero-order valence-electron chi connectivity index (χ0n) is 19.3. The van der Waals surface area contributed by atoms with Gasteiger partial charge in [-0.15, -0.1) is 0 Å². The van der Waals surface area contributed by atoms with E-state index in [-0.39, 0.29) is 11.0 Å². The number of unbranched alkanes of at least 4 members (excludes halogenated alkanes) is 4. The number of carbonyl (C=O) groups excluding carboxylic acids is 2. The Labute approximate surface area is 201 Å². The van der Waals surface area contributed by atoms with Crippen molar-refractivity contribution in [3.63, 3.8) is 0 Å². The molecule has 2 aromatic rings. The molecule has 0 fully saturated rings. The van der Waals surface area contributed by atoms with E-state index < -0.39 is 5.91 Å². The van der Waals surface area contributed by atoms with E-state index in [0.717, 1.165) is 31.4 Å². The summed E-state index contributed by atoms with van der Waals surface area (Å²) in [4.78, 5) is 24.9. The Hall–Kier alpha value is -3.13. The Kier molecular flexibility index (Phi) is 11.7. The van der Waals surface area contributed by atoms with E-state index in [1.165, 1.54) is 12.8 Å². The smallest absolute Gasteiger partial charge is 0.269 e. The summed E-state index contributed by atoms with van der Waals surface area (Å²) in [7, 11) is 0. The van der Waals surface area contributed by atoms with Crippen LogP contribution in [0.2, 0.25) is 0 Å². The highest BCUT2D eigenvalue weighted by Crippen LogP contribution is 2.18. The minimum atomic E-state index is -0.422. The van der Waals surface area contributed by atoms with Crippen LogP contribution >= 0.6 is 12.2 Å². The van der Waals surface area contributed by atoms with Crippen molar-refractivity contribution in [3.8, 4) is 11.5 Å². The third-order valence-electron chi connectivity index (χ3n) is 4.79. The molecule has 3 N–H and O–H groups in total. The molecule has 0 aliphatic carbocycles. The van der Waals surface area contributed by atoms with Gasteiger partial charge in [0.25, 0.3) is 11.8 Å². The monoisotopic (exact) mass is 471 g/mol. The van der Waals surface area contributed by atoms with Crippen molar-refractivity contribution in [2.24, 2.45) is 0 Å². The van der Waals surface area contributed by atoms with E-state index in [4.69, 9.17) is 21.7 Å². The maximum Gasteiger partial charge on any atom is 0.269 e. The van der Waals surface area contributed by atoms with E-state index in [1.54, 1.807) is 48.5 Å². The molecule has 0 saturated carbocycles. The summed E-state index contributed by atoms with van der Waals surface area (Å²) in [6, 6.07) is 13.8. The molecule has 0 aliphatic rings. The number of nitrogens with one attached hydrogen (secondary N) is 3. The molecule has 7 nitrogen and oxygen atoms in total. The van der Waals surface area contributed by atoms with Gasteiger partial charge in [0, 0.05) is 5.56 Å². The Morgan fingerprint density at radius 1 is 0.788 bits per heavy atom. The molecule has 0 unspecified atom stereocenters. The Bertz CT molecular complexity index is 903. The summed E-state index contributed by atoms with van der Waals surface area (Å²) in [5.74, 6) is 0.403. The number of ether oxygens (including phenoxy) is 2. The van der Waals surface area contributed by atoms with Crippen LogP contribution in [0.25, 0.3) is 0 Å². The molecule has 0 atom stereocenters. The van der Waals surface area contributed by atoms with Gasteiger partial charge in [-0.2, -0.15) is 0 Å². The molecular weight excluding hydrogens is 438 g/mol. The molecule has 178 valence electrons. The fourth-order valence-electron chi connectivity index (χ4n) is 2.92. The number of hydrazine groups is 1. The van der Waals surface area contributed by atoms with Crippen molar-refractivity contribution in [2.75, 3.05) is 13.2 Å². The summed E-state index contributed by atoms with van der Waals surface area (Å²) in [6.45, 7) is 5.43. The first-order chi connectivity index (χ1) is 16.0. The molecule has 2 aromatic carbocycles. The molecule has 0 heterocycles. The van der Waals surface area contributed by atoms with Crippen LogP contribution in [0, 0.1) is 0 Å². The molecule has 0 bridgehead atoms. The molecule has 0 saturated heterocycles. The lowest BCUT2D eigenvalue weighted by Crippen LogP contribution is -2.48. The van der Waals surface area contributed by atoms with Gasteiger partial charge in [0.2, 0.25) is 0 Å². The predicted molar refractivity (Wildman–Crippen MR) is 134 cm³/mol.